The molecule has 6 nitrogen and oxygen atoms in total. The first kappa shape index (κ1) is 24.2. The highest BCUT2D eigenvalue weighted by atomic mass is 19.1. The SMILES string of the molecule is CC(=O)NCCc1cccc(/C(Nc2ccc(CN(C)C)cc2)=C2/C(=O)Nc3cc(F)ccc32)c1. The van der Waals surface area contributed by atoms with Gasteiger partial charge in [0.05, 0.1) is 17.0 Å². The van der Waals surface area contributed by atoms with Crippen LogP contribution in [0.4, 0.5) is 15.8 Å². The van der Waals surface area contributed by atoms with Crippen molar-refractivity contribution in [3.05, 3.63) is 94.8 Å². The maximum absolute atomic E-state index is 13.8. The number of nitrogens with zero attached hydrogens (tertiary/aromatic N) is 1. The van der Waals surface area contributed by atoms with Gasteiger partial charge < -0.3 is 20.9 Å². The molecule has 0 saturated heterocycles. The van der Waals surface area contributed by atoms with Crippen LogP contribution in [0.15, 0.2) is 66.7 Å². The predicted octanol–water partition coefficient (Wildman–Crippen LogP) is 4.50. The zero-order valence-electron chi connectivity index (χ0n) is 20.1. The maximum Gasteiger partial charge on any atom is 0.258 e. The summed E-state index contributed by atoms with van der Waals surface area (Å²) >= 11 is 0. The van der Waals surface area contributed by atoms with Crippen LogP contribution in [0.1, 0.15) is 29.2 Å². The summed E-state index contributed by atoms with van der Waals surface area (Å²) in [4.78, 5) is 26.4. The molecule has 0 radical (unpaired) electrons. The molecule has 3 aromatic rings. The van der Waals surface area contributed by atoms with Crippen molar-refractivity contribution in [2.75, 3.05) is 31.3 Å². The second-order valence-electron chi connectivity index (χ2n) is 8.89. The van der Waals surface area contributed by atoms with E-state index in [2.05, 4.69) is 20.9 Å². The first-order valence-corrected chi connectivity index (χ1v) is 11.5. The molecular weight excluding hydrogens is 443 g/mol. The van der Waals surface area contributed by atoms with E-state index in [4.69, 9.17) is 0 Å². The van der Waals surface area contributed by atoms with E-state index < -0.39 is 5.82 Å². The molecule has 0 saturated carbocycles. The Balaban J connectivity index is 1.75. The number of rotatable bonds is 8. The summed E-state index contributed by atoms with van der Waals surface area (Å²) in [5.74, 6) is -0.771. The van der Waals surface area contributed by atoms with E-state index >= 15 is 0 Å². The number of benzene rings is 3. The van der Waals surface area contributed by atoms with Gasteiger partial charge in [-0.05, 0) is 73.6 Å². The van der Waals surface area contributed by atoms with Crippen molar-refractivity contribution in [1.82, 2.24) is 10.2 Å². The molecule has 2 amide bonds. The predicted molar refractivity (Wildman–Crippen MR) is 138 cm³/mol. The summed E-state index contributed by atoms with van der Waals surface area (Å²) in [7, 11) is 4.04. The highest BCUT2D eigenvalue weighted by molar-refractivity contribution is 6.37. The molecule has 0 fully saturated rings. The Morgan fingerprint density at radius 2 is 1.77 bits per heavy atom. The Hall–Kier alpha value is -3.97. The van der Waals surface area contributed by atoms with Crippen molar-refractivity contribution in [1.29, 1.82) is 0 Å². The van der Waals surface area contributed by atoms with Gasteiger partial charge in [-0.25, -0.2) is 4.39 Å². The van der Waals surface area contributed by atoms with Crippen LogP contribution in [0.25, 0.3) is 11.3 Å². The van der Waals surface area contributed by atoms with Crippen molar-refractivity contribution >= 4 is 34.5 Å². The van der Waals surface area contributed by atoms with Gasteiger partial charge in [-0.3, -0.25) is 9.59 Å². The van der Waals surface area contributed by atoms with Crippen LogP contribution in [0.3, 0.4) is 0 Å². The van der Waals surface area contributed by atoms with Crippen molar-refractivity contribution in [3.63, 3.8) is 0 Å². The third-order valence-corrected chi connectivity index (χ3v) is 5.70. The van der Waals surface area contributed by atoms with Crippen molar-refractivity contribution in [2.45, 2.75) is 19.9 Å². The van der Waals surface area contributed by atoms with Crippen molar-refractivity contribution in [3.8, 4) is 0 Å². The van der Waals surface area contributed by atoms with Crippen LogP contribution in [0, 0.1) is 5.82 Å². The molecule has 1 heterocycles. The van der Waals surface area contributed by atoms with Gasteiger partial charge in [0.2, 0.25) is 5.91 Å². The quantitative estimate of drug-likeness (QED) is 0.422. The molecule has 0 atom stereocenters. The average molecular weight is 473 g/mol. The maximum atomic E-state index is 13.8. The van der Waals surface area contributed by atoms with Gasteiger partial charge in [-0.15, -0.1) is 0 Å². The van der Waals surface area contributed by atoms with E-state index in [1.54, 1.807) is 6.07 Å². The third-order valence-electron chi connectivity index (χ3n) is 5.70. The molecule has 0 aromatic heterocycles. The zero-order chi connectivity index (χ0) is 24.9. The second-order valence-corrected chi connectivity index (χ2v) is 8.89. The molecule has 1 aliphatic heterocycles. The molecule has 3 N–H and O–H groups in total. The first-order chi connectivity index (χ1) is 16.8. The summed E-state index contributed by atoms with van der Waals surface area (Å²) in [6.07, 6.45) is 0.656. The Kier molecular flexibility index (Phi) is 7.27. The minimum absolute atomic E-state index is 0.0743. The van der Waals surface area contributed by atoms with E-state index in [0.717, 1.165) is 23.4 Å². The lowest BCUT2D eigenvalue weighted by molar-refractivity contribution is -0.119. The summed E-state index contributed by atoms with van der Waals surface area (Å²) in [5.41, 5.74) is 6.04. The lowest BCUT2D eigenvalue weighted by atomic mass is 9.98. The highest BCUT2D eigenvalue weighted by Crippen LogP contribution is 2.38. The number of anilines is 2. The molecule has 7 heteroatoms. The molecule has 180 valence electrons. The molecule has 0 bridgehead atoms. The number of hydrogen-bond acceptors (Lipinski definition) is 4. The lowest BCUT2D eigenvalue weighted by Gasteiger charge is -2.17. The van der Waals surface area contributed by atoms with E-state index in [9.17, 15) is 14.0 Å². The number of carbonyl (C=O) groups is 2. The molecular formula is C28H29FN4O2. The fraction of sp³-hybridized carbons (Fsp3) is 0.214. The smallest absolute Gasteiger partial charge is 0.258 e. The summed E-state index contributed by atoms with van der Waals surface area (Å²) in [6, 6.07) is 20.2. The second kappa shape index (κ2) is 10.5. The average Bonchev–Trinajstić information content (AvgIpc) is 3.12. The Bertz CT molecular complexity index is 1280. The fourth-order valence-electron chi connectivity index (χ4n) is 4.14. The van der Waals surface area contributed by atoms with Crippen LogP contribution < -0.4 is 16.0 Å². The number of amides is 2. The largest absolute Gasteiger partial charge is 0.356 e. The van der Waals surface area contributed by atoms with E-state index in [1.165, 1.54) is 24.6 Å². The van der Waals surface area contributed by atoms with Crippen LogP contribution in [-0.2, 0) is 22.6 Å². The number of fused-ring (bicyclic) bond motifs is 1. The molecule has 0 spiro atoms. The van der Waals surface area contributed by atoms with Gasteiger partial charge >= 0.3 is 0 Å². The minimum atomic E-state index is -0.406. The fourth-order valence-corrected chi connectivity index (χ4v) is 4.14. The van der Waals surface area contributed by atoms with Gasteiger partial charge in [0.1, 0.15) is 5.82 Å². The molecule has 0 unspecified atom stereocenters. The van der Waals surface area contributed by atoms with Crippen molar-refractivity contribution in [2.24, 2.45) is 0 Å². The van der Waals surface area contributed by atoms with Gasteiger partial charge in [0.25, 0.3) is 5.91 Å². The Labute approximate surface area is 204 Å². The zero-order valence-corrected chi connectivity index (χ0v) is 20.1. The minimum Gasteiger partial charge on any atom is -0.356 e. The van der Waals surface area contributed by atoms with Gasteiger partial charge in [-0.1, -0.05) is 30.3 Å². The molecule has 3 aromatic carbocycles. The highest BCUT2D eigenvalue weighted by Gasteiger charge is 2.29. The van der Waals surface area contributed by atoms with E-state index in [1.807, 2.05) is 62.6 Å². The van der Waals surface area contributed by atoms with E-state index in [0.29, 0.717) is 35.5 Å². The molecule has 4 rings (SSSR count). The van der Waals surface area contributed by atoms with Crippen LogP contribution in [-0.4, -0.2) is 37.4 Å². The number of halogens is 1. The van der Waals surface area contributed by atoms with E-state index in [-0.39, 0.29) is 11.8 Å². The standard InChI is InChI=1S/C28H29FN4O2/c1-18(34)30-14-13-19-5-4-6-21(15-19)27(31-23-10-7-20(8-11-23)17-33(2)3)26-24-12-9-22(29)16-25(24)32-28(26)35/h4-12,15-16,31H,13-14,17H2,1-3H3,(H,30,34)(H,32,35)/b27-26-. The number of hydrogen-bond donors (Lipinski definition) is 3. The molecule has 35 heavy (non-hydrogen) atoms. The Morgan fingerprint density at radius 1 is 1.00 bits per heavy atom. The van der Waals surface area contributed by atoms with Crippen LogP contribution >= 0.6 is 0 Å². The number of nitrogens with one attached hydrogen (secondary N) is 3. The summed E-state index contributed by atoms with van der Waals surface area (Å²) in [6.45, 7) is 2.84. The van der Waals surface area contributed by atoms with Crippen molar-refractivity contribution < 1.29 is 14.0 Å². The number of carbonyl (C=O) groups excluding carboxylic acids is 2. The summed E-state index contributed by atoms with van der Waals surface area (Å²) < 4.78 is 13.8. The van der Waals surface area contributed by atoms with Gasteiger partial charge in [0, 0.05) is 31.3 Å². The normalized spacial score (nSPS) is 13.9. The van der Waals surface area contributed by atoms with Gasteiger partial charge in [0.15, 0.2) is 0 Å². The Morgan fingerprint density at radius 3 is 2.49 bits per heavy atom. The third kappa shape index (κ3) is 5.94. The lowest BCUT2D eigenvalue weighted by Crippen LogP contribution is -2.22. The first-order valence-electron chi connectivity index (χ1n) is 11.5. The summed E-state index contributed by atoms with van der Waals surface area (Å²) in [5, 5.41) is 9.05. The topological polar surface area (TPSA) is 73.5 Å². The van der Waals surface area contributed by atoms with Crippen LogP contribution in [0.5, 0.6) is 0 Å². The van der Waals surface area contributed by atoms with Gasteiger partial charge in [-0.2, -0.15) is 0 Å². The molecule has 0 aliphatic carbocycles. The molecule has 1 aliphatic rings. The monoisotopic (exact) mass is 472 g/mol. The van der Waals surface area contributed by atoms with Crippen LogP contribution in [0.2, 0.25) is 0 Å².